The summed E-state index contributed by atoms with van der Waals surface area (Å²) in [4.78, 5) is 19.7. The number of aryl methyl sites for hydroxylation is 1. The first-order chi connectivity index (χ1) is 6.81. The van der Waals surface area contributed by atoms with Gasteiger partial charge in [0.15, 0.2) is 0 Å². The Bertz CT molecular complexity index is 433. The first kappa shape index (κ1) is 9.08. The van der Waals surface area contributed by atoms with E-state index in [0.717, 1.165) is 6.54 Å². The summed E-state index contributed by atoms with van der Waals surface area (Å²) >= 11 is 1.41. The summed E-state index contributed by atoms with van der Waals surface area (Å²) in [5, 5.41) is 1.73. The van der Waals surface area contributed by atoms with Crippen molar-refractivity contribution in [2.24, 2.45) is 0 Å². The lowest BCUT2D eigenvalue weighted by atomic mass is 10.2. The van der Waals surface area contributed by atoms with Gasteiger partial charge >= 0.3 is 0 Å². The molecule has 0 aliphatic carbocycles. The van der Waals surface area contributed by atoms with Crippen LogP contribution in [0.5, 0.6) is 0 Å². The first-order valence-corrected chi connectivity index (χ1v) is 5.20. The Balaban J connectivity index is 2.28. The van der Waals surface area contributed by atoms with Crippen molar-refractivity contribution in [2.45, 2.75) is 13.5 Å². The minimum Gasteiger partial charge on any atom is -0.337 e. The molecule has 0 atom stereocenters. The van der Waals surface area contributed by atoms with Crippen LogP contribution in [-0.2, 0) is 6.54 Å². The fourth-order valence-corrected chi connectivity index (χ4v) is 1.64. The molecule has 5 heteroatoms. The summed E-state index contributed by atoms with van der Waals surface area (Å²) < 4.78 is 1.86. The maximum atomic E-state index is 11.7. The van der Waals surface area contributed by atoms with Gasteiger partial charge in [0.25, 0.3) is 0 Å². The van der Waals surface area contributed by atoms with Gasteiger partial charge in [0.2, 0.25) is 5.78 Å². The molecule has 0 aromatic carbocycles. The zero-order valence-electron chi connectivity index (χ0n) is 7.67. The van der Waals surface area contributed by atoms with E-state index in [2.05, 4.69) is 9.97 Å². The Hall–Kier alpha value is -1.49. The van der Waals surface area contributed by atoms with Gasteiger partial charge < -0.3 is 4.57 Å². The van der Waals surface area contributed by atoms with E-state index in [1.165, 1.54) is 11.3 Å². The maximum absolute atomic E-state index is 11.7. The van der Waals surface area contributed by atoms with Crippen molar-refractivity contribution < 1.29 is 4.79 Å². The Morgan fingerprint density at radius 1 is 1.50 bits per heavy atom. The lowest BCUT2D eigenvalue weighted by Gasteiger charge is -1.91. The Morgan fingerprint density at radius 3 is 2.93 bits per heavy atom. The van der Waals surface area contributed by atoms with Crippen LogP contribution in [0.4, 0.5) is 0 Å². The van der Waals surface area contributed by atoms with Crippen LogP contribution < -0.4 is 0 Å². The molecule has 0 saturated heterocycles. The van der Waals surface area contributed by atoms with E-state index in [0.29, 0.717) is 11.4 Å². The molecular formula is C9H9N3OS. The number of hydrogen-bond donors (Lipinski definition) is 0. The minimum atomic E-state index is -0.113. The van der Waals surface area contributed by atoms with E-state index in [1.807, 2.05) is 11.5 Å². The first-order valence-electron chi connectivity index (χ1n) is 4.26. The molecule has 0 bridgehead atoms. The highest BCUT2D eigenvalue weighted by Crippen LogP contribution is 2.07. The lowest BCUT2D eigenvalue weighted by Crippen LogP contribution is -2.01. The predicted molar refractivity (Wildman–Crippen MR) is 53.4 cm³/mol. The Morgan fingerprint density at radius 2 is 2.36 bits per heavy atom. The van der Waals surface area contributed by atoms with Crippen LogP contribution in [-0.4, -0.2) is 20.3 Å². The second-order valence-corrected chi connectivity index (χ2v) is 3.51. The molecule has 0 saturated carbocycles. The van der Waals surface area contributed by atoms with E-state index < -0.39 is 0 Å². The van der Waals surface area contributed by atoms with Gasteiger partial charge in [-0.3, -0.25) is 4.79 Å². The molecular weight excluding hydrogens is 198 g/mol. The van der Waals surface area contributed by atoms with E-state index in [1.54, 1.807) is 23.4 Å². The fourth-order valence-electron chi connectivity index (χ4n) is 1.11. The monoisotopic (exact) mass is 207 g/mol. The third kappa shape index (κ3) is 1.58. The fraction of sp³-hybridized carbons (Fsp3) is 0.222. The number of rotatable bonds is 3. The molecule has 0 fully saturated rings. The largest absolute Gasteiger partial charge is 0.337 e. The van der Waals surface area contributed by atoms with Gasteiger partial charge in [-0.05, 0) is 6.92 Å². The van der Waals surface area contributed by atoms with Gasteiger partial charge in [0.05, 0.1) is 11.8 Å². The normalized spacial score (nSPS) is 10.4. The zero-order chi connectivity index (χ0) is 9.97. The maximum Gasteiger partial charge on any atom is 0.232 e. The van der Waals surface area contributed by atoms with E-state index in [9.17, 15) is 4.79 Å². The van der Waals surface area contributed by atoms with Gasteiger partial charge in [0, 0.05) is 18.1 Å². The van der Waals surface area contributed by atoms with Crippen molar-refractivity contribution in [2.75, 3.05) is 0 Å². The SMILES string of the molecule is CCn1cnc(C(=O)c2cscn2)c1. The van der Waals surface area contributed by atoms with E-state index >= 15 is 0 Å². The van der Waals surface area contributed by atoms with E-state index in [4.69, 9.17) is 0 Å². The highest BCUT2D eigenvalue weighted by molar-refractivity contribution is 7.07. The summed E-state index contributed by atoms with van der Waals surface area (Å²) in [6.07, 6.45) is 3.39. The number of hydrogen-bond acceptors (Lipinski definition) is 4. The number of carbonyl (C=O) groups excluding carboxylic acids is 1. The summed E-state index contributed by atoms with van der Waals surface area (Å²) in [5.41, 5.74) is 2.57. The average molecular weight is 207 g/mol. The van der Waals surface area contributed by atoms with Crippen molar-refractivity contribution in [3.05, 3.63) is 34.8 Å². The highest BCUT2D eigenvalue weighted by Gasteiger charge is 2.13. The summed E-state index contributed by atoms with van der Waals surface area (Å²) in [6.45, 7) is 2.82. The third-order valence-electron chi connectivity index (χ3n) is 1.90. The Kier molecular flexibility index (Phi) is 2.41. The summed E-state index contributed by atoms with van der Waals surface area (Å²) in [5.74, 6) is -0.113. The van der Waals surface area contributed by atoms with Crippen LogP contribution in [0.1, 0.15) is 23.1 Å². The highest BCUT2D eigenvalue weighted by atomic mass is 32.1. The van der Waals surface area contributed by atoms with Crippen LogP contribution in [0.2, 0.25) is 0 Å². The molecule has 2 aromatic rings. The molecule has 2 rings (SSSR count). The van der Waals surface area contributed by atoms with Crippen molar-refractivity contribution in [3.63, 3.8) is 0 Å². The topological polar surface area (TPSA) is 47.8 Å². The van der Waals surface area contributed by atoms with Crippen molar-refractivity contribution >= 4 is 17.1 Å². The van der Waals surface area contributed by atoms with Crippen LogP contribution in [0.15, 0.2) is 23.4 Å². The van der Waals surface area contributed by atoms with Crippen molar-refractivity contribution in [1.82, 2.24) is 14.5 Å². The zero-order valence-corrected chi connectivity index (χ0v) is 8.49. The molecule has 2 aromatic heterocycles. The number of carbonyl (C=O) groups is 1. The third-order valence-corrected chi connectivity index (χ3v) is 2.48. The standard InChI is InChI=1S/C9H9N3OS/c1-2-12-3-7(10-5-12)9(13)8-4-14-6-11-8/h3-6H,2H2,1H3. The second kappa shape index (κ2) is 3.71. The smallest absolute Gasteiger partial charge is 0.232 e. The number of aromatic nitrogens is 3. The quantitative estimate of drug-likeness (QED) is 0.718. The second-order valence-electron chi connectivity index (χ2n) is 2.79. The number of nitrogens with zero attached hydrogens (tertiary/aromatic N) is 3. The minimum absolute atomic E-state index is 0.113. The molecule has 0 spiro atoms. The average Bonchev–Trinajstić information content (AvgIpc) is 2.88. The van der Waals surface area contributed by atoms with Gasteiger partial charge in [-0.25, -0.2) is 9.97 Å². The molecule has 0 unspecified atom stereocenters. The molecule has 72 valence electrons. The summed E-state index contributed by atoms with van der Waals surface area (Å²) in [6, 6.07) is 0. The van der Waals surface area contributed by atoms with Gasteiger partial charge in [-0.2, -0.15) is 0 Å². The molecule has 0 amide bonds. The molecule has 0 aliphatic heterocycles. The number of imidazole rings is 1. The van der Waals surface area contributed by atoms with Gasteiger partial charge in [-0.15, -0.1) is 11.3 Å². The molecule has 2 heterocycles. The van der Waals surface area contributed by atoms with Crippen LogP contribution >= 0.6 is 11.3 Å². The number of ketones is 1. The molecule has 14 heavy (non-hydrogen) atoms. The Labute approximate surface area is 85.2 Å². The molecule has 0 aliphatic rings. The van der Waals surface area contributed by atoms with Crippen molar-refractivity contribution in [1.29, 1.82) is 0 Å². The lowest BCUT2D eigenvalue weighted by molar-refractivity contribution is 0.103. The van der Waals surface area contributed by atoms with E-state index in [-0.39, 0.29) is 5.78 Å². The van der Waals surface area contributed by atoms with Crippen molar-refractivity contribution in [3.8, 4) is 0 Å². The summed E-state index contributed by atoms with van der Waals surface area (Å²) in [7, 11) is 0. The van der Waals surface area contributed by atoms with Gasteiger partial charge in [-0.1, -0.05) is 0 Å². The van der Waals surface area contributed by atoms with Crippen LogP contribution in [0.25, 0.3) is 0 Å². The van der Waals surface area contributed by atoms with Crippen LogP contribution in [0.3, 0.4) is 0 Å². The predicted octanol–water partition coefficient (Wildman–Crippen LogP) is 1.59. The molecule has 0 N–H and O–H groups in total. The van der Waals surface area contributed by atoms with Crippen LogP contribution in [0, 0.1) is 0 Å². The van der Waals surface area contributed by atoms with Gasteiger partial charge in [0.1, 0.15) is 11.4 Å². The molecule has 4 nitrogen and oxygen atoms in total. The number of thiazole rings is 1. The molecule has 0 radical (unpaired) electrons.